The van der Waals surface area contributed by atoms with E-state index in [1.54, 1.807) is 6.08 Å². The molecule has 0 fully saturated rings. The summed E-state index contributed by atoms with van der Waals surface area (Å²) >= 11 is 0. The van der Waals surface area contributed by atoms with Gasteiger partial charge in [0.15, 0.2) is 0 Å². The van der Waals surface area contributed by atoms with Gasteiger partial charge in [0.05, 0.1) is 5.83 Å². The van der Waals surface area contributed by atoms with Crippen LogP contribution in [0.3, 0.4) is 0 Å². The number of allylic oxidation sites excluding steroid dienone is 2. The molecule has 0 aliphatic carbocycles. The van der Waals surface area contributed by atoms with Gasteiger partial charge in [0.1, 0.15) is 0 Å². The van der Waals surface area contributed by atoms with E-state index in [1.165, 1.54) is 0 Å². The van der Waals surface area contributed by atoms with Gasteiger partial charge in [0.25, 0.3) is 0 Å². The quantitative estimate of drug-likeness (QED) is 0.520. The maximum atomic E-state index is 12.2. The van der Waals surface area contributed by atoms with Crippen molar-refractivity contribution in [1.82, 2.24) is 0 Å². The number of hydrogen-bond donors (Lipinski definition) is 0. The molecule has 0 spiro atoms. The van der Waals surface area contributed by atoms with Crippen molar-refractivity contribution in [2.24, 2.45) is 5.92 Å². The fraction of sp³-hybridized carbons (Fsp3) is 0.714. The minimum absolute atomic E-state index is 0.000000000000000444. The first-order valence-electron chi connectivity index (χ1n) is 3.03. The Kier molecular flexibility index (Phi) is 3.49. The second kappa shape index (κ2) is 3.65. The van der Waals surface area contributed by atoms with Crippen LogP contribution in [0.5, 0.6) is 0 Å². The lowest BCUT2D eigenvalue weighted by atomic mass is 10.2. The van der Waals surface area contributed by atoms with E-state index in [0.717, 1.165) is 0 Å². The highest BCUT2D eigenvalue weighted by atomic mass is 19.1. The molecule has 0 heterocycles. The van der Waals surface area contributed by atoms with Gasteiger partial charge >= 0.3 is 0 Å². The van der Waals surface area contributed by atoms with Gasteiger partial charge in [0, 0.05) is 0 Å². The predicted molar refractivity (Wildman–Crippen MR) is 34.3 cm³/mol. The third-order valence-corrected chi connectivity index (χ3v) is 0.852. The lowest BCUT2D eigenvalue weighted by Crippen LogP contribution is -1.79. The Morgan fingerprint density at radius 1 is 1.62 bits per heavy atom. The SMILES string of the molecule is CCC(F)=CC(C)C. The number of rotatable bonds is 2. The molecule has 0 rings (SSSR count). The maximum absolute atomic E-state index is 12.2. The van der Waals surface area contributed by atoms with Gasteiger partial charge in [-0.05, 0) is 12.3 Å². The fourth-order valence-electron chi connectivity index (χ4n) is 0.480. The highest BCUT2D eigenvalue weighted by Gasteiger charge is 1.90. The third-order valence-electron chi connectivity index (χ3n) is 0.852. The third kappa shape index (κ3) is 3.85. The zero-order valence-corrected chi connectivity index (χ0v) is 5.74. The zero-order valence-electron chi connectivity index (χ0n) is 5.74. The summed E-state index contributed by atoms with van der Waals surface area (Å²) in [6.45, 7) is 5.75. The van der Waals surface area contributed by atoms with Gasteiger partial charge in [0.2, 0.25) is 0 Å². The lowest BCUT2D eigenvalue weighted by Gasteiger charge is -1.93. The van der Waals surface area contributed by atoms with E-state index in [1.807, 2.05) is 20.8 Å². The second-order valence-corrected chi connectivity index (χ2v) is 2.21. The van der Waals surface area contributed by atoms with Gasteiger partial charge in [-0.15, -0.1) is 0 Å². The molecule has 0 aliphatic rings. The van der Waals surface area contributed by atoms with Gasteiger partial charge < -0.3 is 0 Å². The molecule has 0 nitrogen and oxygen atoms in total. The normalized spacial score (nSPS) is 12.9. The summed E-state index contributed by atoms with van der Waals surface area (Å²) < 4.78 is 12.2. The Hall–Kier alpha value is -0.330. The summed E-state index contributed by atoms with van der Waals surface area (Å²) in [7, 11) is 0. The van der Waals surface area contributed by atoms with Crippen LogP contribution >= 0.6 is 0 Å². The molecule has 0 aromatic heterocycles. The van der Waals surface area contributed by atoms with Crippen LogP contribution in [0.25, 0.3) is 0 Å². The van der Waals surface area contributed by atoms with Crippen LogP contribution < -0.4 is 0 Å². The van der Waals surface area contributed by atoms with Crippen molar-refractivity contribution in [2.75, 3.05) is 0 Å². The molecule has 0 aliphatic heterocycles. The van der Waals surface area contributed by atoms with Crippen LogP contribution in [0.1, 0.15) is 27.2 Å². The molecule has 0 saturated heterocycles. The van der Waals surface area contributed by atoms with E-state index in [-0.39, 0.29) is 5.83 Å². The van der Waals surface area contributed by atoms with Gasteiger partial charge in [-0.1, -0.05) is 26.8 Å². The lowest BCUT2D eigenvalue weighted by molar-refractivity contribution is 0.586. The monoisotopic (exact) mass is 116 g/mol. The van der Waals surface area contributed by atoms with Gasteiger partial charge in [-0.2, -0.15) is 0 Å². The van der Waals surface area contributed by atoms with Gasteiger partial charge in [-0.25, -0.2) is 4.39 Å². The molecular formula is C7H13F. The number of halogens is 1. The van der Waals surface area contributed by atoms with Crippen molar-refractivity contribution in [2.45, 2.75) is 27.2 Å². The summed E-state index contributed by atoms with van der Waals surface area (Å²) in [5, 5.41) is 0. The molecular weight excluding hydrogens is 103 g/mol. The van der Waals surface area contributed by atoms with Crippen LogP contribution in [0.2, 0.25) is 0 Å². The van der Waals surface area contributed by atoms with E-state index in [2.05, 4.69) is 0 Å². The van der Waals surface area contributed by atoms with Crippen molar-refractivity contribution in [3.8, 4) is 0 Å². The first-order chi connectivity index (χ1) is 3.66. The van der Waals surface area contributed by atoms with E-state index in [9.17, 15) is 4.39 Å². The average Bonchev–Trinajstić information content (AvgIpc) is 1.65. The smallest absolute Gasteiger partial charge is 0.0959 e. The Labute approximate surface area is 50.4 Å². The second-order valence-electron chi connectivity index (χ2n) is 2.21. The van der Waals surface area contributed by atoms with E-state index in [0.29, 0.717) is 12.3 Å². The zero-order chi connectivity index (χ0) is 6.57. The molecule has 0 bridgehead atoms. The maximum Gasteiger partial charge on any atom is 0.0959 e. The van der Waals surface area contributed by atoms with Gasteiger partial charge in [-0.3, -0.25) is 0 Å². The summed E-state index contributed by atoms with van der Waals surface area (Å²) in [6, 6.07) is 0. The molecule has 0 atom stereocenters. The van der Waals surface area contributed by atoms with Crippen LogP contribution in [-0.4, -0.2) is 0 Å². The highest BCUT2D eigenvalue weighted by molar-refractivity contribution is 4.91. The Bertz CT molecular complexity index is 82.4. The molecule has 0 amide bonds. The molecule has 0 saturated carbocycles. The van der Waals surface area contributed by atoms with E-state index in [4.69, 9.17) is 0 Å². The predicted octanol–water partition coefficient (Wildman–Crippen LogP) is 2.91. The molecule has 0 radical (unpaired) electrons. The summed E-state index contributed by atoms with van der Waals surface area (Å²) in [4.78, 5) is 0. The van der Waals surface area contributed by atoms with Crippen molar-refractivity contribution < 1.29 is 4.39 Å². The van der Waals surface area contributed by atoms with E-state index < -0.39 is 0 Å². The van der Waals surface area contributed by atoms with E-state index >= 15 is 0 Å². The van der Waals surface area contributed by atoms with Crippen molar-refractivity contribution in [3.63, 3.8) is 0 Å². The first kappa shape index (κ1) is 7.67. The molecule has 0 unspecified atom stereocenters. The van der Waals surface area contributed by atoms with Crippen LogP contribution in [0, 0.1) is 5.92 Å². The van der Waals surface area contributed by atoms with Crippen LogP contribution in [-0.2, 0) is 0 Å². The Balaban J connectivity index is 3.56. The highest BCUT2D eigenvalue weighted by Crippen LogP contribution is 2.05. The average molecular weight is 116 g/mol. The minimum Gasteiger partial charge on any atom is -0.212 e. The van der Waals surface area contributed by atoms with Crippen molar-refractivity contribution in [1.29, 1.82) is 0 Å². The van der Waals surface area contributed by atoms with Crippen molar-refractivity contribution in [3.05, 3.63) is 11.9 Å². The Morgan fingerprint density at radius 2 is 2.12 bits per heavy atom. The van der Waals surface area contributed by atoms with Crippen molar-refractivity contribution >= 4 is 0 Å². The molecule has 8 heavy (non-hydrogen) atoms. The Morgan fingerprint density at radius 3 is 2.25 bits per heavy atom. The standard InChI is InChI=1S/C7H13F/c1-4-7(8)5-6(2)3/h5-6H,4H2,1-3H3. The molecule has 0 aromatic rings. The fourth-order valence-corrected chi connectivity index (χ4v) is 0.480. The summed E-state index contributed by atoms with van der Waals surface area (Å²) in [5.41, 5.74) is 0. The summed E-state index contributed by atoms with van der Waals surface area (Å²) in [5.74, 6) is 0.343. The molecule has 48 valence electrons. The summed E-state index contributed by atoms with van der Waals surface area (Å²) in [6.07, 6.45) is 2.16. The molecule has 1 heteroatoms. The topological polar surface area (TPSA) is 0 Å². The van der Waals surface area contributed by atoms with Crippen LogP contribution in [0.15, 0.2) is 11.9 Å². The largest absolute Gasteiger partial charge is 0.212 e. The molecule has 0 aromatic carbocycles. The minimum atomic E-state index is 0.000000000000000444. The first-order valence-corrected chi connectivity index (χ1v) is 3.03. The number of hydrogen-bond acceptors (Lipinski definition) is 0. The molecule has 0 N–H and O–H groups in total. The van der Waals surface area contributed by atoms with Crippen LogP contribution in [0.4, 0.5) is 4.39 Å².